The van der Waals surface area contributed by atoms with Crippen molar-refractivity contribution in [2.24, 2.45) is 0 Å². The maximum atomic E-state index is 13.1. The minimum atomic E-state index is -3.65. The zero-order valence-corrected chi connectivity index (χ0v) is 15.4. The molecule has 7 heteroatoms. The maximum Gasteiger partial charge on any atom is 0.317 e. The predicted molar refractivity (Wildman–Crippen MR) is 99.4 cm³/mol. The third kappa shape index (κ3) is 4.22. The van der Waals surface area contributed by atoms with Crippen LogP contribution in [0.5, 0.6) is 0 Å². The molecule has 6 nitrogen and oxygen atoms in total. The first-order valence-corrected chi connectivity index (χ1v) is 10.4. The van der Waals surface area contributed by atoms with E-state index in [2.05, 4.69) is 10.3 Å². The summed E-state index contributed by atoms with van der Waals surface area (Å²) in [7, 11) is -3.65. The van der Waals surface area contributed by atoms with Crippen LogP contribution in [-0.4, -0.2) is 44.0 Å². The van der Waals surface area contributed by atoms with Crippen LogP contribution in [0.3, 0.4) is 0 Å². The molecule has 0 bridgehead atoms. The fraction of sp³-hybridized carbons (Fsp3) is 0.368. The molecule has 0 unspecified atom stereocenters. The Kier molecular flexibility index (Phi) is 5.88. The number of pyridine rings is 1. The molecular formula is C19H23N3O3S. The molecule has 26 heavy (non-hydrogen) atoms. The van der Waals surface area contributed by atoms with Gasteiger partial charge in [-0.3, -0.25) is 4.98 Å². The molecule has 1 aliphatic heterocycles. The van der Waals surface area contributed by atoms with E-state index in [9.17, 15) is 13.2 Å². The number of rotatable bonds is 5. The lowest BCUT2D eigenvalue weighted by Gasteiger charge is -2.28. The van der Waals surface area contributed by atoms with Crippen LogP contribution in [-0.2, 0) is 9.84 Å². The second-order valence-corrected chi connectivity index (χ2v) is 8.50. The number of carbonyl (C=O) groups is 1. The van der Waals surface area contributed by atoms with E-state index in [1.165, 1.54) is 6.20 Å². The lowest BCUT2D eigenvalue weighted by molar-refractivity contribution is 0.186. The number of piperidine rings is 1. The van der Waals surface area contributed by atoms with Gasteiger partial charge >= 0.3 is 6.03 Å². The van der Waals surface area contributed by atoms with E-state index in [0.717, 1.165) is 32.4 Å². The third-order valence-electron chi connectivity index (χ3n) is 4.58. The van der Waals surface area contributed by atoms with Crippen LogP contribution in [0.2, 0.25) is 0 Å². The fourth-order valence-electron chi connectivity index (χ4n) is 3.14. The van der Waals surface area contributed by atoms with Crippen LogP contribution >= 0.6 is 0 Å². The molecule has 1 saturated heterocycles. The summed E-state index contributed by atoms with van der Waals surface area (Å²) < 4.78 is 26.3. The Bertz CT molecular complexity index is 820. The number of amides is 2. The lowest BCUT2D eigenvalue weighted by Crippen LogP contribution is -2.44. The number of sulfone groups is 1. The SMILES string of the molecule is O=C(NC[C@@H](c1cccnc1)S(=O)(=O)c1ccccc1)N1CCCCC1. The van der Waals surface area contributed by atoms with Crippen molar-refractivity contribution in [1.82, 2.24) is 15.2 Å². The molecule has 0 spiro atoms. The smallest absolute Gasteiger partial charge is 0.317 e. The van der Waals surface area contributed by atoms with E-state index < -0.39 is 15.1 Å². The number of likely N-dealkylation sites (tertiary alicyclic amines) is 1. The van der Waals surface area contributed by atoms with E-state index in [-0.39, 0.29) is 17.5 Å². The highest BCUT2D eigenvalue weighted by Gasteiger charge is 2.30. The Morgan fingerprint density at radius 3 is 2.46 bits per heavy atom. The van der Waals surface area contributed by atoms with E-state index in [4.69, 9.17) is 0 Å². The largest absolute Gasteiger partial charge is 0.336 e. The topological polar surface area (TPSA) is 79.4 Å². The molecule has 0 aliphatic carbocycles. The lowest BCUT2D eigenvalue weighted by atomic mass is 10.1. The molecule has 2 heterocycles. The number of aromatic nitrogens is 1. The number of nitrogens with zero attached hydrogens (tertiary/aromatic N) is 2. The first-order valence-electron chi connectivity index (χ1n) is 8.80. The molecule has 2 aromatic rings. The highest BCUT2D eigenvalue weighted by atomic mass is 32.2. The molecule has 1 fully saturated rings. The highest BCUT2D eigenvalue weighted by molar-refractivity contribution is 7.91. The van der Waals surface area contributed by atoms with Gasteiger partial charge in [0.25, 0.3) is 0 Å². The minimum absolute atomic E-state index is 0.0122. The Labute approximate surface area is 154 Å². The maximum absolute atomic E-state index is 13.1. The number of urea groups is 1. The van der Waals surface area contributed by atoms with Crippen molar-refractivity contribution in [3.8, 4) is 0 Å². The van der Waals surface area contributed by atoms with Gasteiger partial charge in [0.2, 0.25) is 0 Å². The number of nitrogens with one attached hydrogen (secondary N) is 1. The van der Waals surface area contributed by atoms with Gasteiger partial charge in [0.15, 0.2) is 9.84 Å². The fourth-order valence-corrected chi connectivity index (χ4v) is 4.80. The quantitative estimate of drug-likeness (QED) is 0.874. The molecular weight excluding hydrogens is 350 g/mol. The summed E-state index contributed by atoms with van der Waals surface area (Å²) in [5.41, 5.74) is 0.565. The molecule has 1 N–H and O–H groups in total. The van der Waals surface area contributed by atoms with Crippen molar-refractivity contribution in [3.63, 3.8) is 0 Å². The second kappa shape index (κ2) is 8.31. The van der Waals surface area contributed by atoms with Crippen LogP contribution < -0.4 is 5.32 Å². The number of carbonyl (C=O) groups excluding carboxylic acids is 1. The zero-order chi connectivity index (χ0) is 18.4. The van der Waals surface area contributed by atoms with Gasteiger partial charge in [-0.2, -0.15) is 0 Å². The van der Waals surface area contributed by atoms with Crippen molar-refractivity contribution in [2.75, 3.05) is 19.6 Å². The van der Waals surface area contributed by atoms with Crippen molar-refractivity contribution < 1.29 is 13.2 Å². The number of hydrogen-bond donors (Lipinski definition) is 1. The molecule has 0 radical (unpaired) electrons. The molecule has 1 atom stereocenters. The van der Waals surface area contributed by atoms with Gasteiger partial charge in [0.05, 0.1) is 4.90 Å². The molecule has 2 amide bonds. The molecule has 1 aromatic heterocycles. The normalized spacial score (nSPS) is 16.1. The molecule has 138 valence electrons. The predicted octanol–water partition coefficient (Wildman–Crippen LogP) is 2.79. The van der Waals surface area contributed by atoms with Gasteiger partial charge in [-0.05, 0) is 43.0 Å². The summed E-state index contributed by atoms with van der Waals surface area (Å²) >= 11 is 0. The van der Waals surface area contributed by atoms with Crippen LogP contribution in [0.25, 0.3) is 0 Å². The van der Waals surface area contributed by atoms with Gasteiger partial charge in [-0.1, -0.05) is 24.3 Å². The van der Waals surface area contributed by atoms with Crippen molar-refractivity contribution in [2.45, 2.75) is 29.4 Å². The molecule has 1 aliphatic rings. The third-order valence-corrected chi connectivity index (χ3v) is 6.70. The number of hydrogen-bond acceptors (Lipinski definition) is 4. The Hall–Kier alpha value is -2.41. The van der Waals surface area contributed by atoms with Crippen LogP contribution in [0.4, 0.5) is 4.79 Å². The zero-order valence-electron chi connectivity index (χ0n) is 14.5. The minimum Gasteiger partial charge on any atom is -0.336 e. The Morgan fingerprint density at radius 2 is 1.81 bits per heavy atom. The van der Waals surface area contributed by atoms with Gasteiger partial charge in [0.1, 0.15) is 5.25 Å². The summed E-state index contributed by atoms with van der Waals surface area (Å²) in [6, 6.07) is 11.5. The first-order chi connectivity index (χ1) is 12.6. The second-order valence-electron chi connectivity index (χ2n) is 6.37. The molecule has 3 rings (SSSR count). The standard InChI is InChI=1S/C19H23N3O3S/c23-19(22-12-5-2-6-13-22)21-15-18(16-8-7-11-20-14-16)26(24,25)17-9-3-1-4-10-17/h1,3-4,7-11,14,18H,2,5-6,12-13,15H2,(H,21,23)/t18-/m0/s1. The number of benzene rings is 1. The molecule has 0 saturated carbocycles. The van der Waals surface area contributed by atoms with E-state index >= 15 is 0 Å². The Balaban J connectivity index is 1.81. The van der Waals surface area contributed by atoms with Gasteiger partial charge in [-0.15, -0.1) is 0 Å². The average Bonchev–Trinajstić information content (AvgIpc) is 2.70. The average molecular weight is 373 g/mol. The highest BCUT2D eigenvalue weighted by Crippen LogP contribution is 2.28. The monoisotopic (exact) mass is 373 g/mol. The van der Waals surface area contributed by atoms with Crippen molar-refractivity contribution in [3.05, 3.63) is 60.4 Å². The van der Waals surface area contributed by atoms with Crippen LogP contribution in [0.1, 0.15) is 30.1 Å². The molecule has 1 aromatic carbocycles. The van der Waals surface area contributed by atoms with Gasteiger partial charge in [-0.25, -0.2) is 13.2 Å². The van der Waals surface area contributed by atoms with Crippen LogP contribution in [0, 0.1) is 0 Å². The van der Waals surface area contributed by atoms with Crippen molar-refractivity contribution in [1.29, 1.82) is 0 Å². The van der Waals surface area contributed by atoms with E-state index in [1.807, 2.05) is 0 Å². The summed E-state index contributed by atoms with van der Waals surface area (Å²) in [4.78, 5) is 18.4. The van der Waals surface area contributed by atoms with Gasteiger partial charge in [0, 0.05) is 32.0 Å². The summed E-state index contributed by atoms with van der Waals surface area (Å²) in [6.07, 6.45) is 6.24. The first kappa shape index (κ1) is 18.4. The van der Waals surface area contributed by atoms with E-state index in [1.54, 1.807) is 53.6 Å². The summed E-state index contributed by atoms with van der Waals surface area (Å²) in [6.45, 7) is 1.45. The van der Waals surface area contributed by atoms with Crippen molar-refractivity contribution >= 4 is 15.9 Å². The summed E-state index contributed by atoms with van der Waals surface area (Å²) in [5, 5.41) is 1.92. The van der Waals surface area contributed by atoms with E-state index in [0.29, 0.717) is 5.56 Å². The van der Waals surface area contributed by atoms with Crippen LogP contribution in [0.15, 0.2) is 59.8 Å². The van der Waals surface area contributed by atoms with Gasteiger partial charge < -0.3 is 10.2 Å². The Morgan fingerprint density at radius 1 is 1.08 bits per heavy atom. The summed E-state index contributed by atoms with van der Waals surface area (Å²) in [5.74, 6) is 0.